The van der Waals surface area contributed by atoms with Crippen LogP contribution < -0.4 is 4.90 Å². The van der Waals surface area contributed by atoms with Crippen molar-refractivity contribution in [3.63, 3.8) is 0 Å². The third kappa shape index (κ3) is 2.96. The van der Waals surface area contributed by atoms with Crippen LogP contribution in [-0.4, -0.2) is 49.4 Å². The fourth-order valence-electron chi connectivity index (χ4n) is 2.32. The molecule has 3 rings (SSSR count). The fraction of sp³-hybridized carbons (Fsp3) is 0.333. The van der Waals surface area contributed by atoms with Crippen LogP contribution in [0.1, 0.15) is 10.4 Å². The average Bonchev–Trinajstić information content (AvgIpc) is 2.90. The molecule has 4 nitrogen and oxygen atoms in total. The van der Waals surface area contributed by atoms with Gasteiger partial charge in [-0.25, -0.2) is 4.98 Å². The molecule has 6 heteroatoms. The number of aldehydes is 1. The third-order valence-electron chi connectivity index (χ3n) is 3.67. The van der Waals surface area contributed by atoms with E-state index in [0.29, 0.717) is 16.8 Å². The van der Waals surface area contributed by atoms with Crippen molar-refractivity contribution < 1.29 is 9.18 Å². The molecule has 0 atom stereocenters. The molecule has 0 aliphatic carbocycles. The lowest BCUT2D eigenvalue weighted by atomic mass is 10.1. The molecule has 2 heterocycles. The van der Waals surface area contributed by atoms with Crippen molar-refractivity contribution in [3.05, 3.63) is 35.0 Å². The van der Waals surface area contributed by atoms with E-state index >= 15 is 0 Å². The number of carbonyl (C=O) groups excluding carboxylic acids is 1. The van der Waals surface area contributed by atoms with Gasteiger partial charge in [-0.1, -0.05) is 35.6 Å². The Kier molecular flexibility index (Phi) is 3.98. The maximum Gasteiger partial charge on any atom is 0.206 e. The number of carbonyl (C=O) groups is 1. The van der Waals surface area contributed by atoms with Crippen LogP contribution in [0.25, 0.3) is 11.3 Å². The van der Waals surface area contributed by atoms with Gasteiger partial charge in [-0.15, -0.1) is 0 Å². The summed E-state index contributed by atoms with van der Waals surface area (Å²) in [5.41, 5.74) is 1.65. The van der Waals surface area contributed by atoms with E-state index in [0.717, 1.165) is 48.9 Å². The summed E-state index contributed by atoms with van der Waals surface area (Å²) >= 11 is 1.09. The third-order valence-corrected chi connectivity index (χ3v) is 4.57. The van der Waals surface area contributed by atoms with Gasteiger partial charge in [0.25, 0.3) is 0 Å². The van der Waals surface area contributed by atoms with E-state index in [2.05, 4.69) is 21.8 Å². The molecule has 110 valence electrons. The molecular formula is C15H16FN3OS. The number of thiazole rings is 1. The summed E-state index contributed by atoms with van der Waals surface area (Å²) in [5, 5.41) is 0.456. The van der Waals surface area contributed by atoms with Crippen LogP contribution in [0.3, 0.4) is 0 Å². The average molecular weight is 305 g/mol. The minimum Gasteiger partial charge on any atom is -0.345 e. The Morgan fingerprint density at radius 3 is 2.48 bits per heavy atom. The Bertz CT molecular complexity index is 633. The maximum absolute atomic E-state index is 14.2. The molecule has 2 aromatic rings. The molecule has 0 unspecified atom stereocenters. The molecule has 1 aliphatic rings. The predicted molar refractivity (Wildman–Crippen MR) is 82.6 cm³/mol. The molecule has 0 bridgehead atoms. The highest BCUT2D eigenvalue weighted by Crippen LogP contribution is 2.32. The summed E-state index contributed by atoms with van der Waals surface area (Å²) in [6.07, 6.45) is 0.775. The van der Waals surface area contributed by atoms with Crippen molar-refractivity contribution in [2.75, 3.05) is 38.1 Å². The number of aromatic nitrogens is 1. The van der Waals surface area contributed by atoms with E-state index in [1.54, 1.807) is 24.3 Å². The zero-order valence-electron chi connectivity index (χ0n) is 11.8. The molecule has 21 heavy (non-hydrogen) atoms. The first-order chi connectivity index (χ1) is 10.2. The lowest BCUT2D eigenvalue weighted by molar-refractivity contribution is 0.112. The van der Waals surface area contributed by atoms with Crippen molar-refractivity contribution in [2.24, 2.45) is 0 Å². The fourth-order valence-corrected chi connectivity index (χ4v) is 3.19. The van der Waals surface area contributed by atoms with Gasteiger partial charge in [0.2, 0.25) is 5.13 Å². The van der Waals surface area contributed by atoms with Gasteiger partial charge in [-0.05, 0) is 7.05 Å². The quantitative estimate of drug-likeness (QED) is 0.817. The minimum atomic E-state index is -0.275. The lowest BCUT2D eigenvalue weighted by Crippen LogP contribution is -2.44. The first kappa shape index (κ1) is 14.2. The van der Waals surface area contributed by atoms with E-state index < -0.39 is 0 Å². The number of piperazine rings is 1. The van der Waals surface area contributed by atoms with E-state index in [1.807, 2.05) is 0 Å². The van der Waals surface area contributed by atoms with E-state index in [1.165, 1.54) is 0 Å². The molecule has 0 spiro atoms. The Hall–Kier alpha value is -1.79. The van der Waals surface area contributed by atoms with Crippen molar-refractivity contribution in [3.8, 4) is 11.3 Å². The van der Waals surface area contributed by atoms with Crippen LogP contribution in [-0.2, 0) is 0 Å². The molecule has 1 aromatic heterocycles. The Morgan fingerprint density at radius 2 is 1.86 bits per heavy atom. The van der Waals surface area contributed by atoms with Crippen LogP contribution >= 0.6 is 11.3 Å². The van der Waals surface area contributed by atoms with Gasteiger partial charge < -0.3 is 9.80 Å². The summed E-state index contributed by atoms with van der Waals surface area (Å²) in [5.74, 6) is 0. The smallest absolute Gasteiger partial charge is 0.206 e. The summed E-state index contributed by atoms with van der Waals surface area (Å²) in [6, 6.07) is 6.82. The highest BCUT2D eigenvalue weighted by atomic mass is 32.1. The maximum atomic E-state index is 14.2. The number of anilines is 1. The second-order valence-electron chi connectivity index (χ2n) is 5.15. The second kappa shape index (κ2) is 5.91. The van der Waals surface area contributed by atoms with E-state index in [9.17, 15) is 9.18 Å². The number of halogens is 1. The van der Waals surface area contributed by atoms with Crippen LogP contribution in [0.5, 0.6) is 0 Å². The summed E-state index contributed by atoms with van der Waals surface area (Å²) in [7, 11) is 2.08. The Balaban J connectivity index is 1.85. The number of benzene rings is 1. The molecule has 1 saturated heterocycles. The summed E-state index contributed by atoms with van der Waals surface area (Å²) in [6.45, 7) is 3.66. The van der Waals surface area contributed by atoms with Crippen molar-refractivity contribution in [1.29, 1.82) is 0 Å². The predicted octanol–water partition coefficient (Wildman–Crippen LogP) is 2.51. The molecule has 0 N–H and O–H groups in total. The van der Waals surface area contributed by atoms with Crippen molar-refractivity contribution >= 4 is 22.8 Å². The number of nitrogens with zero attached hydrogens (tertiary/aromatic N) is 3. The lowest BCUT2D eigenvalue weighted by Gasteiger charge is -2.31. The van der Waals surface area contributed by atoms with Crippen molar-refractivity contribution in [2.45, 2.75) is 0 Å². The number of hydrogen-bond donors (Lipinski definition) is 0. The van der Waals surface area contributed by atoms with Crippen LogP contribution in [0.15, 0.2) is 24.3 Å². The Labute approximate surface area is 126 Å². The first-order valence-electron chi connectivity index (χ1n) is 6.83. The zero-order chi connectivity index (χ0) is 14.8. The number of hydrogen-bond acceptors (Lipinski definition) is 5. The van der Waals surface area contributed by atoms with Gasteiger partial charge in [0, 0.05) is 37.3 Å². The molecule has 1 aliphatic heterocycles. The number of likely N-dealkylation sites (N-methyl/N-ethyl adjacent to an activating group) is 1. The topological polar surface area (TPSA) is 36.4 Å². The van der Waals surface area contributed by atoms with Gasteiger partial charge in [0.05, 0.1) is 0 Å². The molecule has 0 radical (unpaired) electrons. The van der Waals surface area contributed by atoms with E-state index in [4.69, 9.17) is 0 Å². The molecule has 0 saturated carbocycles. The summed E-state index contributed by atoms with van der Waals surface area (Å²) < 4.78 is 14.2. The normalized spacial score (nSPS) is 16.2. The molecule has 1 aromatic carbocycles. The van der Waals surface area contributed by atoms with Gasteiger partial charge >= 0.3 is 0 Å². The number of rotatable bonds is 3. The van der Waals surface area contributed by atoms with Gasteiger partial charge in [0.15, 0.2) is 5.13 Å². The molecular weight excluding hydrogens is 289 g/mol. The van der Waals surface area contributed by atoms with Crippen LogP contribution in [0, 0.1) is 5.13 Å². The van der Waals surface area contributed by atoms with Crippen LogP contribution in [0.4, 0.5) is 9.52 Å². The van der Waals surface area contributed by atoms with Crippen LogP contribution in [0.2, 0.25) is 0 Å². The highest BCUT2D eigenvalue weighted by Gasteiger charge is 2.20. The second-order valence-corrected chi connectivity index (χ2v) is 6.08. The largest absolute Gasteiger partial charge is 0.345 e. The van der Waals surface area contributed by atoms with Gasteiger partial charge in [0.1, 0.15) is 12.0 Å². The van der Waals surface area contributed by atoms with Crippen molar-refractivity contribution in [1.82, 2.24) is 9.88 Å². The first-order valence-corrected chi connectivity index (χ1v) is 7.64. The zero-order valence-corrected chi connectivity index (χ0v) is 12.6. The minimum absolute atomic E-state index is 0.275. The monoisotopic (exact) mass is 305 g/mol. The molecule has 0 amide bonds. The SMILES string of the molecule is CN1CCN(c2nc(-c3ccc(C=O)cc3)c(F)s2)CC1. The Morgan fingerprint density at radius 1 is 1.19 bits per heavy atom. The highest BCUT2D eigenvalue weighted by molar-refractivity contribution is 7.14. The molecule has 1 fully saturated rings. The van der Waals surface area contributed by atoms with E-state index in [-0.39, 0.29) is 5.13 Å². The summed E-state index contributed by atoms with van der Waals surface area (Å²) in [4.78, 5) is 19.5. The van der Waals surface area contributed by atoms with Gasteiger partial charge in [-0.3, -0.25) is 4.79 Å². The standard InChI is InChI=1S/C15H16FN3OS/c1-18-6-8-19(9-7-18)15-17-13(14(16)21-15)12-4-2-11(10-20)3-5-12/h2-5,10H,6-9H2,1H3. The van der Waals surface area contributed by atoms with Gasteiger partial charge in [-0.2, -0.15) is 4.39 Å².